The Bertz CT molecular complexity index is 1010. The quantitative estimate of drug-likeness (QED) is 0.151. The molecular weight excluding hydrogens is 492 g/mol. The van der Waals surface area contributed by atoms with E-state index in [1.165, 1.54) is 10.4 Å². The summed E-state index contributed by atoms with van der Waals surface area (Å²) in [5.41, 5.74) is 0. The van der Waals surface area contributed by atoms with Crippen molar-refractivity contribution in [2.45, 2.75) is 58.1 Å². The maximum atomic E-state index is 11.2. The number of methoxy groups -OCH3 is 1. The molecule has 3 aromatic rings. The molecule has 3 rings (SSSR count). The van der Waals surface area contributed by atoms with E-state index in [0.29, 0.717) is 25.4 Å². The number of benzene rings is 3. The molecule has 0 aliphatic carbocycles. The minimum atomic E-state index is -2.71. The van der Waals surface area contributed by atoms with Crippen LogP contribution in [-0.4, -0.2) is 46.6 Å². The third-order valence-electron chi connectivity index (χ3n) is 7.03. The van der Waals surface area contributed by atoms with Crippen molar-refractivity contribution >= 4 is 18.7 Å². The smallest absolute Gasteiger partial charge is 0.261 e. The van der Waals surface area contributed by atoms with E-state index in [4.69, 9.17) is 18.6 Å². The molecule has 0 aliphatic rings. The Labute approximate surface area is 229 Å². The van der Waals surface area contributed by atoms with E-state index < -0.39 is 14.4 Å². The van der Waals surface area contributed by atoms with Gasteiger partial charge in [-0.3, -0.25) is 0 Å². The van der Waals surface area contributed by atoms with Gasteiger partial charge >= 0.3 is 0 Å². The molecule has 0 amide bonds. The van der Waals surface area contributed by atoms with Crippen molar-refractivity contribution in [2.24, 2.45) is 5.92 Å². The summed E-state index contributed by atoms with van der Waals surface area (Å²) in [7, 11) is -1.07. The molecule has 0 aromatic heterocycles. The second-order valence-corrected chi connectivity index (χ2v) is 15.1. The molecule has 0 heterocycles. The van der Waals surface area contributed by atoms with Crippen molar-refractivity contribution in [3.8, 4) is 11.5 Å². The van der Waals surface area contributed by atoms with Crippen molar-refractivity contribution in [3.63, 3.8) is 0 Å². The van der Waals surface area contributed by atoms with Gasteiger partial charge in [0.1, 0.15) is 11.5 Å². The van der Waals surface area contributed by atoms with Crippen LogP contribution in [0.25, 0.3) is 0 Å². The molecule has 6 heteroatoms. The number of ether oxygens (including phenoxy) is 3. The number of unbranched alkanes of at least 4 members (excludes halogenated alkanes) is 1. The lowest BCUT2D eigenvalue weighted by atomic mass is 9.99. The van der Waals surface area contributed by atoms with Crippen LogP contribution < -0.4 is 19.8 Å². The first-order valence-corrected chi connectivity index (χ1v) is 15.5. The van der Waals surface area contributed by atoms with E-state index >= 15 is 0 Å². The highest BCUT2D eigenvalue weighted by Gasteiger charge is 2.50. The van der Waals surface area contributed by atoms with E-state index in [2.05, 4.69) is 76.2 Å². The van der Waals surface area contributed by atoms with Crippen molar-refractivity contribution in [1.82, 2.24) is 0 Å². The van der Waals surface area contributed by atoms with Crippen molar-refractivity contribution < 1.29 is 23.7 Å². The molecule has 0 bridgehead atoms. The Hall–Kier alpha value is -2.64. The topological polar surface area (TPSA) is 57.2 Å². The zero-order valence-electron chi connectivity index (χ0n) is 23.6. The molecule has 0 fully saturated rings. The molecule has 0 saturated carbocycles. The second kappa shape index (κ2) is 14.5. The van der Waals surface area contributed by atoms with Crippen molar-refractivity contribution in [1.29, 1.82) is 0 Å². The normalized spacial score (nSPS) is 13.6. The number of aliphatic hydroxyl groups excluding tert-OH is 1. The Balaban J connectivity index is 1.79. The van der Waals surface area contributed by atoms with Gasteiger partial charge in [0.05, 0.1) is 19.8 Å². The lowest BCUT2D eigenvalue weighted by Crippen LogP contribution is -2.67. The number of hydrogen-bond acceptors (Lipinski definition) is 5. The average Bonchev–Trinajstić information content (AvgIpc) is 2.93. The summed E-state index contributed by atoms with van der Waals surface area (Å²) in [5.74, 6) is 1.30. The zero-order valence-corrected chi connectivity index (χ0v) is 24.6. The third kappa shape index (κ3) is 7.70. The van der Waals surface area contributed by atoms with Gasteiger partial charge in [-0.2, -0.15) is 0 Å². The van der Waals surface area contributed by atoms with Crippen LogP contribution in [0.2, 0.25) is 5.04 Å². The Morgan fingerprint density at radius 2 is 1.34 bits per heavy atom. The van der Waals surface area contributed by atoms with E-state index in [0.717, 1.165) is 18.6 Å². The van der Waals surface area contributed by atoms with Crippen LogP contribution in [-0.2, 0) is 9.16 Å². The van der Waals surface area contributed by atoms with Crippen LogP contribution in [0.3, 0.4) is 0 Å². The highest BCUT2D eigenvalue weighted by atomic mass is 28.4. The summed E-state index contributed by atoms with van der Waals surface area (Å²) in [5, 5.41) is 13.5. The molecule has 1 N–H and O–H groups in total. The van der Waals surface area contributed by atoms with Gasteiger partial charge < -0.3 is 23.7 Å². The van der Waals surface area contributed by atoms with Crippen molar-refractivity contribution in [3.05, 3.63) is 84.9 Å². The summed E-state index contributed by atoms with van der Waals surface area (Å²) < 4.78 is 24.0. The van der Waals surface area contributed by atoms with E-state index in [-0.39, 0.29) is 17.7 Å². The average molecular weight is 537 g/mol. The first-order chi connectivity index (χ1) is 18.3. The number of hydrogen-bond donors (Lipinski definition) is 1. The lowest BCUT2D eigenvalue weighted by molar-refractivity contribution is -0.0433. The lowest BCUT2D eigenvalue weighted by Gasteiger charge is -2.44. The van der Waals surface area contributed by atoms with Gasteiger partial charge in [0.2, 0.25) is 0 Å². The summed E-state index contributed by atoms with van der Waals surface area (Å²) in [6, 6.07) is 28.6. The molecule has 0 aliphatic heterocycles. The minimum Gasteiger partial charge on any atom is -0.497 e. The van der Waals surface area contributed by atoms with E-state index in [9.17, 15) is 5.11 Å². The summed E-state index contributed by atoms with van der Waals surface area (Å²) in [6.07, 6.45) is 2.18. The fourth-order valence-electron chi connectivity index (χ4n) is 4.89. The Morgan fingerprint density at radius 1 is 0.789 bits per heavy atom. The van der Waals surface area contributed by atoms with Gasteiger partial charge in [-0.1, -0.05) is 101 Å². The molecule has 3 aromatic carbocycles. The van der Waals surface area contributed by atoms with E-state index in [1.807, 2.05) is 36.4 Å². The van der Waals surface area contributed by atoms with Crippen LogP contribution in [0.1, 0.15) is 47.0 Å². The van der Waals surface area contributed by atoms with Crippen LogP contribution in [0.5, 0.6) is 11.5 Å². The summed E-state index contributed by atoms with van der Waals surface area (Å²) in [6.45, 7) is 9.78. The Kier molecular flexibility index (Phi) is 11.4. The van der Waals surface area contributed by atoms with Crippen LogP contribution in [0.4, 0.5) is 0 Å². The van der Waals surface area contributed by atoms with Crippen LogP contribution in [0, 0.1) is 5.92 Å². The van der Waals surface area contributed by atoms with Crippen LogP contribution >= 0.6 is 0 Å². The maximum absolute atomic E-state index is 11.2. The fraction of sp³-hybridized carbons (Fsp3) is 0.438. The molecule has 206 valence electrons. The molecule has 38 heavy (non-hydrogen) atoms. The summed E-state index contributed by atoms with van der Waals surface area (Å²) >= 11 is 0. The highest BCUT2D eigenvalue weighted by molar-refractivity contribution is 6.99. The van der Waals surface area contributed by atoms with Crippen molar-refractivity contribution in [2.75, 3.05) is 27.1 Å². The molecule has 0 spiro atoms. The zero-order chi connectivity index (χ0) is 27.4. The van der Waals surface area contributed by atoms with Gasteiger partial charge in [-0.15, -0.1) is 0 Å². The van der Waals surface area contributed by atoms with Crippen LogP contribution in [0.15, 0.2) is 84.9 Å². The Morgan fingerprint density at radius 3 is 1.84 bits per heavy atom. The first-order valence-electron chi connectivity index (χ1n) is 13.6. The van der Waals surface area contributed by atoms with Gasteiger partial charge in [-0.25, -0.2) is 0 Å². The first kappa shape index (κ1) is 29.9. The number of aliphatic hydroxyl groups is 1. The predicted molar refractivity (Wildman–Crippen MR) is 157 cm³/mol. The molecule has 0 unspecified atom stereocenters. The largest absolute Gasteiger partial charge is 0.497 e. The van der Waals surface area contributed by atoms with Gasteiger partial charge in [0, 0.05) is 12.5 Å². The summed E-state index contributed by atoms with van der Waals surface area (Å²) in [4.78, 5) is 0. The van der Waals surface area contributed by atoms with Gasteiger partial charge in [-0.05, 0) is 46.1 Å². The second-order valence-electron chi connectivity index (χ2n) is 10.8. The third-order valence-corrected chi connectivity index (χ3v) is 12.0. The van der Waals surface area contributed by atoms with Gasteiger partial charge in [0.25, 0.3) is 8.32 Å². The predicted octanol–water partition coefficient (Wildman–Crippen LogP) is 5.79. The SMILES string of the molecule is CCCC[C@@H](O)[C@@H](COCOc1ccc(OC)cc1)CO[Si](c1ccccc1)(c1ccccc1)C(C)(C)C. The maximum Gasteiger partial charge on any atom is 0.261 e. The highest BCUT2D eigenvalue weighted by Crippen LogP contribution is 2.37. The monoisotopic (exact) mass is 536 g/mol. The van der Waals surface area contributed by atoms with Gasteiger partial charge in [0.15, 0.2) is 6.79 Å². The molecule has 0 radical (unpaired) electrons. The molecular formula is C32H44O5Si. The minimum absolute atomic E-state index is 0.0997. The molecule has 0 saturated heterocycles. The molecule has 2 atom stereocenters. The number of rotatable bonds is 15. The molecule has 5 nitrogen and oxygen atoms in total. The standard InChI is InChI=1S/C32H44O5Si/c1-6-7-18-31(33)26(23-35-25-36-28-21-19-27(34-5)20-22-28)24-37-38(32(2,3)4,29-14-10-8-11-15-29)30-16-12-9-13-17-30/h8-17,19-22,26,31,33H,6-7,18,23-25H2,1-5H3/t26-,31+/m0/s1. The fourth-order valence-corrected chi connectivity index (χ4v) is 9.51. The van der Waals surface area contributed by atoms with E-state index in [1.54, 1.807) is 7.11 Å².